The van der Waals surface area contributed by atoms with Gasteiger partial charge in [0.25, 0.3) is 5.56 Å². The van der Waals surface area contributed by atoms with Gasteiger partial charge in [-0.3, -0.25) is 9.69 Å². The van der Waals surface area contributed by atoms with Crippen LogP contribution in [0.3, 0.4) is 0 Å². The summed E-state index contributed by atoms with van der Waals surface area (Å²) >= 11 is 3.33. The Balaban J connectivity index is 1.45. The summed E-state index contributed by atoms with van der Waals surface area (Å²) in [6, 6.07) is 13.5. The standard InChI is InChI=1S/C26H27BrF2N2O2/c1-18-13-24(33-17-21-9-10-22(28)14-23(21)29)25(27)26(32)31(18)16-20-7-5-19(6-8-20)15-30-11-3-2-4-12-30/h5-10,13-14H,2-4,11-12,15-17H2,1H3. The number of nitrogens with zero attached hydrogens (tertiary/aromatic N) is 2. The monoisotopic (exact) mass is 516 g/mol. The van der Waals surface area contributed by atoms with Gasteiger partial charge in [-0.05, 0) is 72.0 Å². The normalized spacial score (nSPS) is 14.4. The second-order valence-electron chi connectivity index (χ2n) is 8.53. The molecule has 1 aromatic heterocycles. The van der Waals surface area contributed by atoms with Crippen LogP contribution in [0.4, 0.5) is 8.78 Å². The second kappa shape index (κ2) is 10.6. The van der Waals surface area contributed by atoms with Gasteiger partial charge >= 0.3 is 0 Å². The van der Waals surface area contributed by atoms with Crippen molar-refractivity contribution in [1.82, 2.24) is 9.47 Å². The number of ether oxygens (including phenoxy) is 1. The fourth-order valence-corrected chi connectivity index (χ4v) is 4.56. The minimum absolute atomic E-state index is 0.105. The molecule has 3 aromatic rings. The van der Waals surface area contributed by atoms with Gasteiger partial charge in [0, 0.05) is 29.9 Å². The molecule has 0 spiro atoms. The Labute approximate surface area is 200 Å². The molecule has 2 heterocycles. The molecular weight excluding hydrogens is 490 g/mol. The molecule has 2 aromatic carbocycles. The largest absolute Gasteiger partial charge is 0.487 e. The molecule has 4 rings (SSSR count). The van der Waals surface area contributed by atoms with Gasteiger partial charge < -0.3 is 9.30 Å². The maximum absolute atomic E-state index is 13.9. The molecule has 174 valence electrons. The number of halogens is 3. The van der Waals surface area contributed by atoms with Crippen LogP contribution in [0.2, 0.25) is 0 Å². The molecule has 0 unspecified atom stereocenters. The lowest BCUT2D eigenvalue weighted by molar-refractivity contribution is 0.221. The molecular formula is C26H27BrF2N2O2. The summed E-state index contributed by atoms with van der Waals surface area (Å²) in [6.07, 6.45) is 3.87. The molecule has 0 radical (unpaired) electrons. The first-order valence-electron chi connectivity index (χ1n) is 11.2. The Morgan fingerprint density at radius 2 is 1.61 bits per heavy atom. The average Bonchev–Trinajstić information content (AvgIpc) is 2.81. The number of hydrogen-bond acceptors (Lipinski definition) is 3. The van der Waals surface area contributed by atoms with Crippen LogP contribution < -0.4 is 10.3 Å². The summed E-state index contributed by atoms with van der Waals surface area (Å²) in [7, 11) is 0. The van der Waals surface area contributed by atoms with E-state index in [-0.39, 0.29) is 22.2 Å². The third kappa shape index (κ3) is 5.89. The lowest BCUT2D eigenvalue weighted by Crippen LogP contribution is -2.29. The summed E-state index contributed by atoms with van der Waals surface area (Å²) in [5.41, 5.74) is 3.05. The lowest BCUT2D eigenvalue weighted by atomic mass is 10.1. The maximum atomic E-state index is 13.9. The predicted molar refractivity (Wildman–Crippen MR) is 129 cm³/mol. The molecule has 4 nitrogen and oxygen atoms in total. The number of piperidine rings is 1. The average molecular weight is 517 g/mol. The molecule has 1 saturated heterocycles. The van der Waals surface area contributed by atoms with Crippen LogP contribution in [-0.2, 0) is 19.7 Å². The van der Waals surface area contributed by atoms with E-state index in [0.717, 1.165) is 37.0 Å². The van der Waals surface area contributed by atoms with Crippen molar-refractivity contribution in [1.29, 1.82) is 0 Å². The van der Waals surface area contributed by atoms with E-state index < -0.39 is 11.6 Å². The molecule has 1 fully saturated rings. The van der Waals surface area contributed by atoms with Crippen LogP contribution >= 0.6 is 15.9 Å². The molecule has 0 bridgehead atoms. The third-order valence-electron chi connectivity index (χ3n) is 6.03. The van der Waals surface area contributed by atoms with Gasteiger partial charge in [-0.2, -0.15) is 0 Å². The van der Waals surface area contributed by atoms with Crippen molar-refractivity contribution in [3.05, 3.63) is 97.4 Å². The first-order chi connectivity index (χ1) is 15.9. The van der Waals surface area contributed by atoms with Gasteiger partial charge in [-0.15, -0.1) is 0 Å². The van der Waals surface area contributed by atoms with E-state index in [9.17, 15) is 13.6 Å². The Kier molecular flexibility index (Phi) is 7.60. The number of aryl methyl sites for hydroxylation is 1. The quantitative estimate of drug-likeness (QED) is 0.397. The Bertz CT molecular complexity index is 1170. The number of benzene rings is 2. The van der Waals surface area contributed by atoms with Crippen molar-refractivity contribution < 1.29 is 13.5 Å². The summed E-state index contributed by atoms with van der Waals surface area (Å²) in [5, 5.41) is 0. The topological polar surface area (TPSA) is 34.5 Å². The lowest BCUT2D eigenvalue weighted by Gasteiger charge is -2.26. The Morgan fingerprint density at radius 1 is 0.939 bits per heavy atom. The van der Waals surface area contributed by atoms with Crippen molar-refractivity contribution in [2.75, 3.05) is 13.1 Å². The fraction of sp³-hybridized carbons (Fsp3) is 0.346. The molecule has 0 aliphatic carbocycles. The zero-order chi connectivity index (χ0) is 23.4. The van der Waals surface area contributed by atoms with E-state index in [1.54, 1.807) is 10.6 Å². The van der Waals surface area contributed by atoms with Crippen LogP contribution in [0, 0.1) is 18.6 Å². The fourth-order valence-electron chi connectivity index (χ4n) is 4.12. The Morgan fingerprint density at radius 3 is 2.27 bits per heavy atom. The highest BCUT2D eigenvalue weighted by atomic mass is 79.9. The van der Waals surface area contributed by atoms with Crippen LogP contribution in [0.25, 0.3) is 0 Å². The summed E-state index contributed by atoms with van der Waals surface area (Å²) < 4.78 is 34.6. The van der Waals surface area contributed by atoms with Crippen LogP contribution in [0.15, 0.2) is 57.8 Å². The second-order valence-corrected chi connectivity index (χ2v) is 9.33. The third-order valence-corrected chi connectivity index (χ3v) is 6.76. The van der Waals surface area contributed by atoms with Gasteiger partial charge in [0.2, 0.25) is 0 Å². The molecule has 1 aliphatic heterocycles. The zero-order valence-electron chi connectivity index (χ0n) is 18.6. The molecule has 1 aliphatic rings. The van der Waals surface area contributed by atoms with Crippen molar-refractivity contribution in [2.45, 2.75) is 45.9 Å². The van der Waals surface area contributed by atoms with Crippen molar-refractivity contribution >= 4 is 15.9 Å². The highest BCUT2D eigenvalue weighted by molar-refractivity contribution is 9.10. The van der Waals surface area contributed by atoms with Crippen LogP contribution in [0.5, 0.6) is 5.75 Å². The van der Waals surface area contributed by atoms with Crippen LogP contribution in [-0.4, -0.2) is 22.6 Å². The van der Waals surface area contributed by atoms with E-state index in [4.69, 9.17) is 4.74 Å². The van der Waals surface area contributed by atoms with Gasteiger partial charge in [-0.25, -0.2) is 8.78 Å². The number of pyridine rings is 1. The first kappa shape index (κ1) is 23.6. The summed E-state index contributed by atoms with van der Waals surface area (Å²) in [4.78, 5) is 15.5. The van der Waals surface area contributed by atoms with Gasteiger partial charge in [0.1, 0.15) is 28.5 Å². The van der Waals surface area contributed by atoms with Crippen molar-refractivity contribution in [2.24, 2.45) is 0 Å². The summed E-state index contributed by atoms with van der Waals surface area (Å²) in [6.45, 7) is 5.46. The van der Waals surface area contributed by atoms with Crippen molar-refractivity contribution in [3.8, 4) is 5.75 Å². The van der Waals surface area contributed by atoms with E-state index in [2.05, 4.69) is 45.1 Å². The van der Waals surface area contributed by atoms with Crippen molar-refractivity contribution in [3.63, 3.8) is 0 Å². The molecule has 33 heavy (non-hydrogen) atoms. The minimum Gasteiger partial charge on any atom is -0.487 e. The predicted octanol–water partition coefficient (Wildman–Crippen LogP) is 5.81. The number of likely N-dealkylation sites (tertiary alicyclic amines) is 1. The highest BCUT2D eigenvalue weighted by Gasteiger charge is 2.14. The molecule has 0 atom stereocenters. The molecule has 0 saturated carbocycles. The number of hydrogen-bond donors (Lipinski definition) is 0. The zero-order valence-corrected chi connectivity index (χ0v) is 20.2. The highest BCUT2D eigenvalue weighted by Crippen LogP contribution is 2.24. The SMILES string of the molecule is Cc1cc(OCc2ccc(F)cc2F)c(Br)c(=O)n1Cc1ccc(CN2CCCCC2)cc1. The van der Waals surface area contributed by atoms with E-state index in [1.807, 2.05) is 6.92 Å². The van der Waals surface area contributed by atoms with E-state index in [1.165, 1.54) is 37.0 Å². The first-order valence-corrected chi connectivity index (χ1v) is 12.0. The number of rotatable bonds is 7. The smallest absolute Gasteiger partial charge is 0.269 e. The molecule has 0 amide bonds. The van der Waals surface area contributed by atoms with Gasteiger partial charge in [0.05, 0.1) is 6.54 Å². The van der Waals surface area contributed by atoms with E-state index >= 15 is 0 Å². The Hall–Kier alpha value is -2.51. The minimum atomic E-state index is -0.681. The molecule has 0 N–H and O–H groups in total. The molecule has 7 heteroatoms. The van der Waals surface area contributed by atoms with E-state index in [0.29, 0.717) is 12.3 Å². The summed E-state index contributed by atoms with van der Waals surface area (Å²) in [5.74, 6) is -0.996. The maximum Gasteiger partial charge on any atom is 0.269 e. The van der Waals surface area contributed by atoms with Gasteiger partial charge in [0.15, 0.2) is 0 Å². The van der Waals surface area contributed by atoms with Gasteiger partial charge in [-0.1, -0.05) is 30.7 Å². The van der Waals surface area contributed by atoms with Crippen LogP contribution in [0.1, 0.15) is 41.6 Å². The number of aromatic nitrogens is 1.